The van der Waals surface area contributed by atoms with Gasteiger partial charge in [0, 0.05) is 40.4 Å². The zero-order valence-electron chi connectivity index (χ0n) is 26.5. The second-order valence-corrected chi connectivity index (χ2v) is 16.4. The number of benzene rings is 3. The minimum atomic E-state index is -4.18. The maximum absolute atomic E-state index is 14.9. The van der Waals surface area contributed by atoms with Crippen molar-refractivity contribution >= 4 is 93.6 Å². The van der Waals surface area contributed by atoms with Crippen molar-refractivity contribution in [1.29, 1.82) is 0 Å². The van der Waals surface area contributed by atoms with Gasteiger partial charge in [-0.05, 0) is 107 Å². The quantitative estimate of drug-likeness (QED) is 0.139. The second-order valence-electron chi connectivity index (χ2n) is 11.3. The van der Waals surface area contributed by atoms with Gasteiger partial charge < -0.3 is 14.5 Å². The highest BCUT2D eigenvalue weighted by atomic mass is 79.9. The van der Waals surface area contributed by atoms with Gasteiger partial charge in [-0.3, -0.25) is 9.10 Å². The molecule has 5 aromatic rings. The Morgan fingerprint density at radius 1 is 1.00 bits per heavy atom. The van der Waals surface area contributed by atoms with Gasteiger partial charge in [-0.25, -0.2) is 13.2 Å². The number of thiophene rings is 2. The molecule has 1 amide bonds. The Hall–Kier alpha value is -3.42. The summed E-state index contributed by atoms with van der Waals surface area (Å²) >= 11 is 12.6. The van der Waals surface area contributed by atoms with Gasteiger partial charge in [-0.2, -0.15) is 0 Å². The van der Waals surface area contributed by atoms with E-state index in [4.69, 9.17) is 16.3 Å². The maximum atomic E-state index is 14.9. The minimum Gasteiger partial charge on any atom is -0.462 e. The fourth-order valence-corrected chi connectivity index (χ4v) is 10.4. The maximum Gasteiger partial charge on any atom is 0.348 e. The van der Waals surface area contributed by atoms with E-state index >= 15 is 0 Å². The first-order valence-corrected chi connectivity index (χ1v) is 19.7. The zero-order valence-corrected chi connectivity index (χ0v) is 31.3. The summed E-state index contributed by atoms with van der Waals surface area (Å²) in [4.78, 5) is 31.0. The van der Waals surface area contributed by atoms with E-state index in [1.165, 1.54) is 27.0 Å². The van der Waals surface area contributed by atoms with Crippen LogP contribution in [0.15, 0.2) is 87.5 Å². The highest BCUT2D eigenvalue weighted by Gasteiger charge is 2.35. The van der Waals surface area contributed by atoms with Crippen LogP contribution < -0.4 is 9.21 Å². The molecule has 1 fully saturated rings. The van der Waals surface area contributed by atoms with Crippen LogP contribution in [0.25, 0.3) is 10.1 Å². The number of ether oxygens (including phenoxy) is 1. The summed E-state index contributed by atoms with van der Waals surface area (Å²) in [5.41, 5.74) is 2.68. The van der Waals surface area contributed by atoms with Crippen molar-refractivity contribution in [2.45, 2.75) is 31.7 Å². The smallest absolute Gasteiger partial charge is 0.348 e. The molecule has 1 unspecified atom stereocenters. The molecule has 3 aromatic carbocycles. The summed E-state index contributed by atoms with van der Waals surface area (Å²) in [7, 11) is -4.18. The number of halogens is 2. The summed E-state index contributed by atoms with van der Waals surface area (Å²) < 4.78 is 38.1. The third-order valence-electron chi connectivity index (χ3n) is 8.45. The zero-order chi connectivity index (χ0) is 34.2. The Kier molecular flexibility index (Phi) is 10.2. The third-order valence-corrected chi connectivity index (χ3v) is 13.6. The van der Waals surface area contributed by atoms with Crippen LogP contribution in [0.2, 0.25) is 5.02 Å². The van der Waals surface area contributed by atoms with Crippen LogP contribution in [0, 0.1) is 6.92 Å². The molecular weight excluding hydrogens is 754 g/mol. The van der Waals surface area contributed by atoms with Gasteiger partial charge in [0.1, 0.15) is 9.75 Å². The number of sulfonamides is 1. The van der Waals surface area contributed by atoms with E-state index in [2.05, 4.69) is 20.8 Å². The van der Waals surface area contributed by atoms with Crippen LogP contribution in [-0.4, -0.2) is 58.0 Å². The second kappa shape index (κ2) is 14.2. The molecular formula is C35H33BrClN3O5S3. The summed E-state index contributed by atoms with van der Waals surface area (Å²) in [6.07, 6.45) is 0. The lowest BCUT2D eigenvalue weighted by Crippen LogP contribution is -2.49. The van der Waals surface area contributed by atoms with E-state index < -0.39 is 22.0 Å². The number of aryl methyl sites for hydroxylation is 1. The first-order valence-electron chi connectivity index (χ1n) is 15.4. The number of hydrogen-bond acceptors (Lipinski definition) is 8. The number of para-hydroxylation sites is 2. The molecule has 48 heavy (non-hydrogen) atoms. The van der Waals surface area contributed by atoms with Crippen LogP contribution in [0.5, 0.6) is 0 Å². The molecule has 0 radical (unpaired) electrons. The Balaban J connectivity index is 1.40. The SMILES string of the molecule is CCOC(=O)c1sc2ccc(S(=O)(=O)N(c3ccccc3N3CCN(C(=O)c4sccc4Br)CC3)C(C)c3cccc(Cl)c3)cc2c1C. The van der Waals surface area contributed by atoms with Gasteiger partial charge in [0.15, 0.2) is 0 Å². The molecule has 0 saturated carbocycles. The number of esters is 1. The largest absolute Gasteiger partial charge is 0.462 e. The lowest BCUT2D eigenvalue weighted by atomic mass is 10.1. The highest BCUT2D eigenvalue weighted by Crippen LogP contribution is 2.41. The van der Waals surface area contributed by atoms with Gasteiger partial charge in [0.2, 0.25) is 0 Å². The fraction of sp³-hybridized carbons (Fsp3) is 0.257. The van der Waals surface area contributed by atoms with Crippen molar-refractivity contribution in [2.75, 3.05) is 42.0 Å². The number of rotatable bonds is 9. The number of carbonyl (C=O) groups excluding carboxylic acids is 2. The van der Waals surface area contributed by atoms with Crippen molar-refractivity contribution in [3.05, 3.63) is 109 Å². The van der Waals surface area contributed by atoms with Crippen molar-refractivity contribution in [3.63, 3.8) is 0 Å². The number of piperazine rings is 1. The monoisotopic (exact) mass is 785 g/mol. The van der Waals surface area contributed by atoms with Gasteiger partial charge in [0.25, 0.3) is 15.9 Å². The number of fused-ring (bicyclic) bond motifs is 1. The molecule has 0 spiro atoms. The number of carbonyl (C=O) groups is 2. The van der Waals surface area contributed by atoms with E-state index in [1.54, 1.807) is 37.3 Å². The Labute approximate surface area is 301 Å². The molecule has 8 nitrogen and oxygen atoms in total. The Bertz CT molecular complexity index is 2110. The molecule has 1 aliphatic rings. The van der Waals surface area contributed by atoms with Gasteiger partial charge in [-0.1, -0.05) is 35.9 Å². The highest BCUT2D eigenvalue weighted by molar-refractivity contribution is 9.10. The van der Waals surface area contributed by atoms with Crippen LogP contribution in [0.4, 0.5) is 11.4 Å². The third kappa shape index (κ3) is 6.60. The fourth-order valence-electron chi connectivity index (χ4n) is 5.97. The summed E-state index contributed by atoms with van der Waals surface area (Å²) in [5, 5.41) is 3.08. The molecule has 0 N–H and O–H groups in total. The number of nitrogens with zero attached hydrogens (tertiary/aromatic N) is 3. The van der Waals surface area contributed by atoms with E-state index in [1.807, 2.05) is 66.6 Å². The molecule has 6 rings (SSSR count). The van der Waals surface area contributed by atoms with E-state index in [0.29, 0.717) is 57.6 Å². The van der Waals surface area contributed by atoms with Gasteiger partial charge in [-0.15, -0.1) is 22.7 Å². The van der Waals surface area contributed by atoms with Crippen LogP contribution in [-0.2, 0) is 14.8 Å². The Morgan fingerprint density at radius 2 is 1.75 bits per heavy atom. The average Bonchev–Trinajstić information content (AvgIpc) is 3.67. The summed E-state index contributed by atoms with van der Waals surface area (Å²) in [6, 6.07) is 20.9. The lowest BCUT2D eigenvalue weighted by Gasteiger charge is -2.39. The molecule has 1 saturated heterocycles. The van der Waals surface area contributed by atoms with Crippen molar-refractivity contribution in [3.8, 4) is 0 Å². The molecule has 13 heteroatoms. The van der Waals surface area contributed by atoms with Crippen LogP contribution in [0.3, 0.4) is 0 Å². The van der Waals surface area contributed by atoms with Crippen molar-refractivity contribution < 1.29 is 22.7 Å². The summed E-state index contributed by atoms with van der Waals surface area (Å²) in [6.45, 7) is 7.70. The number of hydrogen-bond donors (Lipinski definition) is 0. The molecule has 3 heterocycles. The normalized spacial score (nSPS) is 14.3. The van der Waals surface area contributed by atoms with Crippen LogP contribution in [0.1, 0.15) is 50.4 Å². The average molecular weight is 787 g/mol. The van der Waals surface area contributed by atoms with Gasteiger partial charge >= 0.3 is 5.97 Å². The van der Waals surface area contributed by atoms with Crippen LogP contribution >= 0.6 is 50.2 Å². The lowest BCUT2D eigenvalue weighted by molar-refractivity contribution is 0.0531. The molecule has 0 aliphatic carbocycles. The molecule has 250 valence electrons. The molecule has 1 aliphatic heterocycles. The molecule has 2 aromatic heterocycles. The minimum absolute atomic E-state index is 0.0196. The molecule has 0 bridgehead atoms. The standard InChI is InChI=1S/C35H33BrClN3O5S3/c1-4-45-35(42)32-22(2)27-21-26(12-13-31(27)47-32)48(43,44)40(23(3)24-8-7-9-25(37)20-24)30-11-6-5-10-29(30)38-15-17-39(18-16-38)34(41)33-28(36)14-19-46-33/h5-14,19-21,23H,4,15-18H2,1-3H3. The van der Waals surface area contributed by atoms with E-state index in [0.717, 1.165) is 20.4 Å². The Morgan fingerprint density at radius 3 is 2.44 bits per heavy atom. The molecule has 1 atom stereocenters. The van der Waals surface area contributed by atoms with E-state index in [-0.39, 0.29) is 17.4 Å². The predicted octanol–water partition coefficient (Wildman–Crippen LogP) is 8.78. The van der Waals surface area contributed by atoms with E-state index in [9.17, 15) is 18.0 Å². The van der Waals surface area contributed by atoms with Gasteiger partial charge in [0.05, 0.1) is 28.9 Å². The van der Waals surface area contributed by atoms with Crippen molar-refractivity contribution in [2.24, 2.45) is 0 Å². The van der Waals surface area contributed by atoms with Crippen molar-refractivity contribution in [1.82, 2.24) is 4.90 Å². The number of anilines is 2. The first-order chi connectivity index (χ1) is 23.0. The first kappa shape index (κ1) is 34.4. The topological polar surface area (TPSA) is 87.2 Å². The number of amides is 1. The predicted molar refractivity (Wildman–Crippen MR) is 199 cm³/mol. The summed E-state index contributed by atoms with van der Waals surface area (Å²) in [5.74, 6) is -0.440.